The maximum Gasteiger partial charge on any atom is 0.329 e. The van der Waals surface area contributed by atoms with Gasteiger partial charge in [0.05, 0.1) is 11.2 Å². The Morgan fingerprint density at radius 2 is 1.67 bits per heavy atom. The second-order valence-corrected chi connectivity index (χ2v) is 4.65. The fourth-order valence-electron chi connectivity index (χ4n) is 2.29. The summed E-state index contributed by atoms with van der Waals surface area (Å²) in [6.45, 7) is 1.33. The van der Waals surface area contributed by atoms with Gasteiger partial charge in [-0.2, -0.15) is 4.73 Å². The minimum atomic E-state index is -0.444. The van der Waals surface area contributed by atoms with Crippen molar-refractivity contribution in [3.05, 3.63) is 70.9 Å². The van der Waals surface area contributed by atoms with Crippen molar-refractivity contribution in [3.8, 4) is 11.3 Å². The zero-order valence-corrected chi connectivity index (χ0v) is 11.4. The molecule has 0 aliphatic heterocycles. The van der Waals surface area contributed by atoms with Crippen LogP contribution < -0.4 is 10.3 Å². The summed E-state index contributed by atoms with van der Waals surface area (Å²) in [6, 6.07) is 17.9. The number of hydrogen-bond donors (Lipinski definition) is 0. The summed E-state index contributed by atoms with van der Waals surface area (Å²) in [7, 11) is 0. The van der Waals surface area contributed by atoms with Gasteiger partial charge in [0, 0.05) is 23.9 Å². The van der Waals surface area contributed by atoms with E-state index in [1.807, 2.05) is 30.3 Å². The van der Waals surface area contributed by atoms with E-state index in [1.54, 1.807) is 24.3 Å². The summed E-state index contributed by atoms with van der Waals surface area (Å²) in [4.78, 5) is 29.0. The molecule has 4 heteroatoms. The topological polar surface area (TPSA) is 48.3 Å². The highest BCUT2D eigenvalue weighted by atomic mass is 16.7. The Morgan fingerprint density at radius 3 is 2.38 bits per heavy atom. The summed E-state index contributed by atoms with van der Waals surface area (Å²) in [6.07, 6.45) is 0. The van der Waals surface area contributed by atoms with Crippen LogP contribution in [0.3, 0.4) is 0 Å². The van der Waals surface area contributed by atoms with Crippen LogP contribution in [0.5, 0.6) is 0 Å². The number of para-hydroxylation sites is 1. The molecule has 0 unspecified atom stereocenters. The predicted molar refractivity (Wildman–Crippen MR) is 80.9 cm³/mol. The van der Waals surface area contributed by atoms with E-state index in [2.05, 4.69) is 0 Å². The zero-order chi connectivity index (χ0) is 14.8. The molecule has 0 spiro atoms. The maximum atomic E-state index is 12.3. The number of carbonyl (C=O) groups is 1. The predicted octanol–water partition coefficient (Wildman–Crippen LogP) is 2.64. The lowest BCUT2D eigenvalue weighted by Gasteiger charge is -2.15. The molecule has 3 rings (SSSR count). The van der Waals surface area contributed by atoms with Gasteiger partial charge in [0.25, 0.3) is 0 Å². The van der Waals surface area contributed by atoms with Crippen LogP contribution in [0.2, 0.25) is 0 Å². The monoisotopic (exact) mass is 279 g/mol. The Balaban J connectivity index is 2.38. The van der Waals surface area contributed by atoms with E-state index in [4.69, 9.17) is 4.84 Å². The van der Waals surface area contributed by atoms with Gasteiger partial charge in [-0.15, -0.1) is 0 Å². The second-order valence-electron chi connectivity index (χ2n) is 4.65. The molecule has 3 aromatic rings. The van der Waals surface area contributed by atoms with Gasteiger partial charge in [-0.05, 0) is 12.1 Å². The van der Waals surface area contributed by atoms with Gasteiger partial charge in [0.15, 0.2) is 5.43 Å². The summed E-state index contributed by atoms with van der Waals surface area (Å²) in [5.41, 5.74) is 1.82. The molecule has 0 radical (unpaired) electrons. The summed E-state index contributed by atoms with van der Waals surface area (Å²) in [5.74, 6) is -0.444. The van der Waals surface area contributed by atoms with Crippen LogP contribution in [0.15, 0.2) is 65.5 Å². The van der Waals surface area contributed by atoms with Crippen LogP contribution in [-0.2, 0) is 4.79 Å². The molecule has 0 bridgehead atoms. The molecule has 2 aromatic carbocycles. The Bertz CT molecular complexity index is 866. The van der Waals surface area contributed by atoms with Crippen molar-refractivity contribution < 1.29 is 9.63 Å². The fourth-order valence-corrected chi connectivity index (χ4v) is 2.29. The maximum absolute atomic E-state index is 12.3. The summed E-state index contributed by atoms with van der Waals surface area (Å²) < 4.78 is 1.41. The van der Waals surface area contributed by atoms with Gasteiger partial charge in [-0.3, -0.25) is 4.79 Å². The van der Waals surface area contributed by atoms with Gasteiger partial charge in [-0.1, -0.05) is 42.5 Å². The number of pyridine rings is 1. The highest BCUT2D eigenvalue weighted by molar-refractivity contribution is 5.83. The number of carbonyl (C=O) groups excluding carboxylic acids is 1. The molecule has 0 saturated heterocycles. The molecular weight excluding hydrogens is 266 g/mol. The van der Waals surface area contributed by atoms with Crippen molar-refractivity contribution in [1.82, 2.24) is 4.73 Å². The molecule has 0 aliphatic carbocycles. The standard InChI is InChI=1S/C17H13NO3/c1-12(19)21-18-15-10-6-5-9-14(15)17(20)11-16(18)13-7-3-2-4-8-13/h2-11H,1H3. The lowest BCUT2D eigenvalue weighted by molar-refractivity contribution is -0.140. The average molecular weight is 279 g/mol. The largest absolute Gasteiger partial charge is 0.336 e. The minimum Gasteiger partial charge on any atom is -0.336 e. The van der Waals surface area contributed by atoms with Crippen molar-refractivity contribution >= 4 is 16.9 Å². The van der Waals surface area contributed by atoms with E-state index < -0.39 is 5.97 Å². The third-order valence-electron chi connectivity index (χ3n) is 3.16. The van der Waals surface area contributed by atoms with Crippen LogP contribution >= 0.6 is 0 Å². The molecule has 0 fully saturated rings. The molecule has 0 atom stereocenters. The van der Waals surface area contributed by atoms with Crippen molar-refractivity contribution in [2.45, 2.75) is 6.92 Å². The van der Waals surface area contributed by atoms with Crippen molar-refractivity contribution in [2.24, 2.45) is 0 Å². The normalized spacial score (nSPS) is 10.5. The Kier molecular flexibility index (Phi) is 3.28. The van der Waals surface area contributed by atoms with Crippen LogP contribution in [0.4, 0.5) is 0 Å². The molecule has 104 valence electrons. The van der Waals surface area contributed by atoms with E-state index in [-0.39, 0.29) is 5.43 Å². The first-order valence-electron chi connectivity index (χ1n) is 6.56. The van der Waals surface area contributed by atoms with Gasteiger partial charge >= 0.3 is 5.97 Å². The van der Waals surface area contributed by atoms with Crippen molar-refractivity contribution in [1.29, 1.82) is 0 Å². The lowest BCUT2D eigenvalue weighted by Crippen LogP contribution is -2.22. The highest BCUT2D eigenvalue weighted by Crippen LogP contribution is 2.21. The van der Waals surface area contributed by atoms with Crippen LogP contribution in [0, 0.1) is 0 Å². The van der Waals surface area contributed by atoms with Crippen LogP contribution in [0.1, 0.15) is 6.92 Å². The number of aromatic nitrogens is 1. The molecule has 4 nitrogen and oxygen atoms in total. The van der Waals surface area contributed by atoms with E-state index in [1.165, 1.54) is 17.7 Å². The lowest BCUT2D eigenvalue weighted by atomic mass is 10.1. The average Bonchev–Trinajstić information content (AvgIpc) is 2.50. The quantitative estimate of drug-likeness (QED) is 0.724. The van der Waals surface area contributed by atoms with Crippen LogP contribution in [-0.4, -0.2) is 10.7 Å². The second kappa shape index (κ2) is 5.25. The molecule has 0 N–H and O–H groups in total. The number of hydrogen-bond acceptors (Lipinski definition) is 3. The number of nitrogens with zero attached hydrogens (tertiary/aromatic N) is 1. The Morgan fingerprint density at radius 1 is 1.00 bits per heavy atom. The van der Waals surface area contributed by atoms with Gasteiger partial charge in [0.2, 0.25) is 0 Å². The first-order chi connectivity index (χ1) is 10.2. The minimum absolute atomic E-state index is 0.104. The first-order valence-corrected chi connectivity index (χ1v) is 6.56. The Hall–Kier alpha value is -2.88. The van der Waals surface area contributed by atoms with Gasteiger partial charge < -0.3 is 4.84 Å². The fraction of sp³-hybridized carbons (Fsp3) is 0.0588. The third-order valence-corrected chi connectivity index (χ3v) is 3.16. The Labute approximate surface area is 121 Å². The third kappa shape index (κ3) is 2.43. The molecule has 1 aromatic heterocycles. The first kappa shape index (κ1) is 13.1. The summed E-state index contributed by atoms with van der Waals surface area (Å²) in [5, 5.41) is 0.512. The smallest absolute Gasteiger partial charge is 0.329 e. The number of rotatable bonds is 2. The molecule has 1 heterocycles. The van der Waals surface area contributed by atoms with E-state index in [9.17, 15) is 9.59 Å². The van der Waals surface area contributed by atoms with Gasteiger partial charge in [0.1, 0.15) is 0 Å². The molecule has 21 heavy (non-hydrogen) atoms. The summed E-state index contributed by atoms with van der Waals surface area (Å²) >= 11 is 0. The molecule has 0 saturated carbocycles. The molecular formula is C17H13NO3. The number of benzene rings is 2. The molecule has 0 amide bonds. The van der Waals surface area contributed by atoms with E-state index >= 15 is 0 Å². The number of fused-ring (bicyclic) bond motifs is 1. The van der Waals surface area contributed by atoms with Crippen LogP contribution in [0.25, 0.3) is 22.2 Å². The zero-order valence-electron chi connectivity index (χ0n) is 11.4. The van der Waals surface area contributed by atoms with Gasteiger partial charge in [-0.25, -0.2) is 4.79 Å². The SMILES string of the molecule is CC(=O)On1c(-c2ccccc2)cc(=O)c2ccccc21. The van der Waals surface area contributed by atoms with E-state index in [0.29, 0.717) is 16.6 Å². The van der Waals surface area contributed by atoms with Crippen molar-refractivity contribution in [3.63, 3.8) is 0 Å². The highest BCUT2D eigenvalue weighted by Gasteiger charge is 2.12. The van der Waals surface area contributed by atoms with E-state index in [0.717, 1.165) is 5.56 Å². The molecule has 0 aliphatic rings. The van der Waals surface area contributed by atoms with Crippen molar-refractivity contribution in [2.75, 3.05) is 0 Å².